The molecule has 0 radical (unpaired) electrons. The molecule has 1 aliphatic heterocycles. The van der Waals surface area contributed by atoms with Crippen LogP contribution in [0.1, 0.15) is 11.1 Å². The Morgan fingerprint density at radius 2 is 1.70 bits per heavy atom. The standard InChI is InChI=1S/C21H21N3O2.HI/c1-22-21(23-12-15-9-10-19-20(11-15)26-14-25-19)24-13-17-7-4-6-16-5-2-3-8-18(16)17;/h2-11H,12-14H2,1H3,(H2,22,23,24);1H. The Balaban J connectivity index is 0.00000210. The summed E-state index contributed by atoms with van der Waals surface area (Å²) in [5.74, 6) is 2.35. The van der Waals surface area contributed by atoms with Gasteiger partial charge in [0.05, 0.1) is 0 Å². The zero-order chi connectivity index (χ0) is 17.8. The van der Waals surface area contributed by atoms with Crippen molar-refractivity contribution in [3.05, 3.63) is 71.8 Å². The summed E-state index contributed by atoms with van der Waals surface area (Å²) >= 11 is 0. The van der Waals surface area contributed by atoms with Crippen LogP contribution in [0.15, 0.2) is 65.7 Å². The van der Waals surface area contributed by atoms with E-state index in [1.807, 2.05) is 18.2 Å². The predicted molar refractivity (Wildman–Crippen MR) is 119 cm³/mol. The lowest BCUT2D eigenvalue weighted by Crippen LogP contribution is -2.36. The molecule has 5 nitrogen and oxygen atoms in total. The fraction of sp³-hybridized carbons (Fsp3) is 0.190. The van der Waals surface area contributed by atoms with Gasteiger partial charge < -0.3 is 20.1 Å². The Bertz CT molecular complexity index is 954. The normalized spacial score (nSPS) is 12.6. The second-order valence-corrected chi connectivity index (χ2v) is 6.11. The number of hydrogen-bond donors (Lipinski definition) is 2. The van der Waals surface area contributed by atoms with Crippen LogP contribution in [0, 0.1) is 0 Å². The van der Waals surface area contributed by atoms with Gasteiger partial charge in [-0.2, -0.15) is 0 Å². The number of hydrogen-bond acceptors (Lipinski definition) is 3. The van der Waals surface area contributed by atoms with Crippen molar-refractivity contribution in [2.24, 2.45) is 4.99 Å². The molecule has 0 atom stereocenters. The van der Waals surface area contributed by atoms with Crippen LogP contribution in [0.2, 0.25) is 0 Å². The van der Waals surface area contributed by atoms with Crippen LogP contribution in [-0.2, 0) is 13.1 Å². The van der Waals surface area contributed by atoms with Gasteiger partial charge in [0.15, 0.2) is 17.5 Å². The monoisotopic (exact) mass is 475 g/mol. The molecular weight excluding hydrogens is 453 g/mol. The molecule has 0 saturated carbocycles. The highest BCUT2D eigenvalue weighted by Crippen LogP contribution is 2.32. The van der Waals surface area contributed by atoms with E-state index in [0.717, 1.165) is 23.0 Å². The molecule has 0 spiro atoms. The second-order valence-electron chi connectivity index (χ2n) is 6.11. The lowest BCUT2D eigenvalue weighted by atomic mass is 10.0. The number of aliphatic imine (C=N–C) groups is 1. The maximum Gasteiger partial charge on any atom is 0.231 e. The van der Waals surface area contributed by atoms with Gasteiger partial charge in [0.25, 0.3) is 0 Å². The molecule has 2 N–H and O–H groups in total. The number of nitrogens with zero attached hydrogens (tertiary/aromatic N) is 1. The third-order valence-corrected chi connectivity index (χ3v) is 4.45. The summed E-state index contributed by atoms with van der Waals surface area (Å²) in [6.45, 7) is 1.66. The smallest absolute Gasteiger partial charge is 0.231 e. The average Bonchev–Trinajstić information content (AvgIpc) is 3.16. The molecule has 0 saturated heterocycles. The summed E-state index contributed by atoms with van der Waals surface area (Å²) in [7, 11) is 1.78. The molecule has 0 amide bonds. The van der Waals surface area contributed by atoms with E-state index in [2.05, 4.69) is 58.1 Å². The van der Waals surface area contributed by atoms with Crippen LogP contribution in [0.5, 0.6) is 11.5 Å². The van der Waals surface area contributed by atoms with E-state index >= 15 is 0 Å². The second kappa shape index (κ2) is 8.94. The molecule has 0 fully saturated rings. The van der Waals surface area contributed by atoms with Gasteiger partial charge in [0, 0.05) is 20.1 Å². The first-order valence-electron chi connectivity index (χ1n) is 8.63. The molecule has 0 bridgehead atoms. The molecule has 27 heavy (non-hydrogen) atoms. The molecule has 0 unspecified atom stereocenters. The number of rotatable bonds is 4. The molecule has 140 valence electrons. The molecule has 0 aromatic heterocycles. The van der Waals surface area contributed by atoms with Gasteiger partial charge in [0.2, 0.25) is 6.79 Å². The van der Waals surface area contributed by atoms with Crippen molar-refractivity contribution in [2.45, 2.75) is 13.1 Å². The number of ether oxygens (including phenoxy) is 2. The zero-order valence-electron chi connectivity index (χ0n) is 15.1. The molecular formula is C21H22IN3O2. The van der Waals surface area contributed by atoms with E-state index in [1.54, 1.807) is 7.05 Å². The van der Waals surface area contributed by atoms with E-state index in [4.69, 9.17) is 9.47 Å². The Morgan fingerprint density at radius 1 is 0.926 bits per heavy atom. The quantitative estimate of drug-likeness (QED) is 0.340. The molecule has 3 aromatic rings. The van der Waals surface area contributed by atoms with E-state index in [1.165, 1.54) is 16.3 Å². The van der Waals surface area contributed by atoms with Crippen molar-refractivity contribution in [3.8, 4) is 11.5 Å². The highest BCUT2D eigenvalue weighted by atomic mass is 127. The fourth-order valence-electron chi connectivity index (χ4n) is 3.08. The van der Waals surface area contributed by atoms with E-state index in [-0.39, 0.29) is 24.0 Å². The zero-order valence-corrected chi connectivity index (χ0v) is 17.4. The first-order chi connectivity index (χ1) is 12.8. The lowest BCUT2D eigenvalue weighted by Gasteiger charge is -2.13. The minimum atomic E-state index is 0. The number of fused-ring (bicyclic) bond motifs is 2. The maximum absolute atomic E-state index is 5.42. The Labute approximate surface area is 175 Å². The van der Waals surface area contributed by atoms with Crippen molar-refractivity contribution in [2.75, 3.05) is 13.8 Å². The van der Waals surface area contributed by atoms with Gasteiger partial charge in [-0.05, 0) is 34.0 Å². The number of benzene rings is 3. The van der Waals surface area contributed by atoms with Crippen molar-refractivity contribution >= 4 is 40.7 Å². The largest absolute Gasteiger partial charge is 0.454 e. The van der Waals surface area contributed by atoms with Crippen molar-refractivity contribution < 1.29 is 9.47 Å². The van der Waals surface area contributed by atoms with Crippen LogP contribution in [-0.4, -0.2) is 19.8 Å². The van der Waals surface area contributed by atoms with Crippen LogP contribution in [0.25, 0.3) is 10.8 Å². The van der Waals surface area contributed by atoms with Gasteiger partial charge in [-0.3, -0.25) is 4.99 Å². The van der Waals surface area contributed by atoms with Gasteiger partial charge >= 0.3 is 0 Å². The Morgan fingerprint density at radius 3 is 2.59 bits per heavy atom. The van der Waals surface area contributed by atoms with E-state index < -0.39 is 0 Å². The summed E-state index contributed by atoms with van der Waals surface area (Å²) in [4.78, 5) is 4.31. The highest BCUT2D eigenvalue weighted by Gasteiger charge is 2.13. The average molecular weight is 475 g/mol. The minimum absolute atomic E-state index is 0. The van der Waals surface area contributed by atoms with Crippen LogP contribution < -0.4 is 20.1 Å². The third-order valence-electron chi connectivity index (χ3n) is 4.45. The van der Waals surface area contributed by atoms with Gasteiger partial charge in [-0.1, -0.05) is 48.5 Å². The van der Waals surface area contributed by atoms with E-state index in [9.17, 15) is 0 Å². The lowest BCUT2D eigenvalue weighted by molar-refractivity contribution is 0.174. The molecule has 6 heteroatoms. The van der Waals surface area contributed by atoms with Crippen LogP contribution >= 0.6 is 24.0 Å². The predicted octanol–water partition coefficient (Wildman–Crippen LogP) is 4.05. The Kier molecular flexibility index (Phi) is 6.39. The third kappa shape index (κ3) is 4.44. The Hall–Kier alpha value is -2.48. The number of nitrogens with one attached hydrogen (secondary N) is 2. The summed E-state index contributed by atoms with van der Waals surface area (Å²) < 4.78 is 10.8. The highest BCUT2D eigenvalue weighted by molar-refractivity contribution is 14.0. The van der Waals surface area contributed by atoms with E-state index in [0.29, 0.717) is 19.9 Å². The molecule has 3 aromatic carbocycles. The van der Waals surface area contributed by atoms with Gasteiger partial charge in [0.1, 0.15) is 0 Å². The van der Waals surface area contributed by atoms with Crippen molar-refractivity contribution in [3.63, 3.8) is 0 Å². The molecule has 0 aliphatic carbocycles. The number of guanidine groups is 1. The van der Waals surface area contributed by atoms with Crippen molar-refractivity contribution in [1.82, 2.24) is 10.6 Å². The summed E-state index contributed by atoms with van der Waals surface area (Å²) in [6, 6.07) is 20.7. The molecule has 1 aliphatic rings. The SMILES string of the molecule is CN=C(NCc1ccc2c(c1)OCO2)NCc1cccc2ccccc12.I. The van der Waals surface area contributed by atoms with Gasteiger partial charge in [-0.25, -0.2) is 0 Å². The summed E-state index contributed by atoms with van der Waals surface area (Å²) in [5.41, 5.74) is 2.36. The number of halogens is 1. The van der Waals surface area contributed by atoms with Crippen molar-refractivity contribution in [1.29, 1.82) is 0 Å². The van der Waals surface area contributed by atoms with Crippen LogP contribution in [0.3, 0.4) is 0 Å². The van der Waals surface area contributed by atoms with Crippen LogP contribution in [0.4, 0.5) is 0 Å². The maximum atomic E-state index is 5.42. The summed E-state index contributed by atoms with van der Waals surface area (Å²) in [5, 5.41) is 9.22. The first-order valence-corrected chi connectivity index (χ1v) is 8.63. The molecule has 1 heterocycles. The minimum Gasteiger partial charge on any atom is -0.454 e. The summed E-state index contributed by atoms with van der Waals surface area (Å²) in [6.07, 6.45) is 0. The molecule has 4 rings (SSSR count). The first kappa shape index (κ1) is 19.3. The van der Waals surface area contributed by atoms with Gasteiger partial charge in [-0.15, -0.1) is 24.0 Å². The fourth-order valence-corrected chi connectivity index (χ4v) is 3.08. The topological polar surface area (TPSA) is 54.9 Å².